The second kappa shape index (κ2) is 5.69. The average Bonchev–Trinajstić information content (AvgIpc) is 2.83. The first-order chi connectivity index (χ1) is 7.90. The van der Waals surface area contributed by atoms with E-state index in [9.17, 15) is 0 Å². The van der Waals surface area contributed by atoms with E-state index in [4.69, 9.17) is 0 Å². The molecule has 2 rings (SSSR count). The van der Waals surface area contributed by atoms with Crippen molar-refractivity contribution in [1.29, 1.82) is 0 Å². The molecule has 1 aromatic carbocycles. The third kappa shape index (κ3) is 2.85. The number of hydrogen-bond donors (Lipinski definition) is 0. The predicted octanol–water partition coefficient (Wildman–Crippen LogP) is 4.63. The van der Waals surface area contributed by atoms with Gasteiger partial charge >= 0.3 is 0 Å². The van der Waals surface area contributed by atoms with Crippen LogP contribution in [0.25, 0.3) is 0 Å². The summed E-state index contributed by atoms with van der Waals surface area (Å²) in [5.41, 5.74) is 2.92. The fourth-order valence-electron chi connectivity index (χ4n) is 2.19. The van der Waals surface area contributed by atoms with Crippen molar-refractivity contribution in [1.82, 2.24) is 0 Å². The Labute approximate surface area is 98.7 Å². The molecule has 0 radical (unpaired) electrons. The van der Waals surface area contributed by atoms with Crippen molar-refractivity contribution in [2.24, 2.45) is 0 Å². The zero-order chi connectivity index (χ0) is 11.2. The lowest BCUT2D eigenvalue weighted by molar-refractivity contribution is 0.717. The molecule has 0 atom stereocenters. The Morgan fingerprint density at radius 1 is 1.06 bits per heavy atom. The topological polar surface area (TPSA) is 0 Å². The molecule has 0 heteroatoms. The zero-order valence-corrected chi connectivity index (χ0v) is 10.0. The molecule has 1 aliphatic rings. The lowest BCUT2D eigenvalue weighted by atomic mass is 9.97. The van der Waals surface area contributed by atoms with Gasteiger partial charge < -0.3 is 0 Å². The highest BCUT2D eigenvalue weighted by Gasteiger charge is 2.06. The van der Waals surface area contributed by atoms with E-state index in [1.54, 1.807) is 0 Å². The van der Waals surface area contributed by atoms with Gasteiger partial charge in [-0.2, -0.15) is 0 Å². The Kier molecular flexibility index (Phi) is 3.98. The van der Waals surface area contributed by atoms with Crippen LogP contribution in [0, 0.1) is 0 Å². The summed E-state index contributed by atoms with van der Waals surface area (Å²) < 4.78 is 0. The van der Waals surface area contributed by atoms with Crippen LogP contribution in [0.4, 0.5) is 0 Å². The summed E-state index contributed by atoms with van der Waals surface area (Å²) in [7, 11) is 0. The summed E-state index contributed by atoms with van der Waals surface area (Å²) in [6.45, 7) is 2.25. The highest BCUT2D eigenvalue weighted by Crippen LogP contribution is 2.24. The molecule has 0 aliphatic heterocycles. The smallest absolute Gasteiger partial charge is 0.0204 e. The van der Waals surface area contributed by atoms with Crippen LogP contribution in [0.5, 0.6) is 0 Å². The molecule has 0 fully saturated rings. The van der Waals surface area contributed by atoms with Gasteiger partial charge in [0.2, 0.25) is 0 Å². The van der Waals surface area contributed by atoms with E-state index >= 15 is 0 Å². The summed E-state index contributed by atoms with van der Waals surface area (Å²) in [6.07, 6.45) is 14.0. The molecule has 0 nitrogen and oxygen atoms in total. The Bertz CT molecular complexity index is 373. The maximum atomic E-state index is 2.36. The zero-order valence-electron chi connectivity index (χ0n) is 10.0. The van der Waals surface area contributed by atoms with Crippen molar-refractivity contribution in [2.75, 3.05) is 0 Å². The number of benzene rings is 1. The quantitative estimate of drug-likeness (QED) is 0.624. The van der Waals surface area contributed by atoms with E-state index in [0.29, 0.717) is 5.92 Å². The second-order valence-electron chi connectivity index (χ2n) is 4.50. The molecule has 0 heterocycles. The van der Waals surface area contributed by atoms with Gasteiger partial charge in [-0.25, -0.2) is 0 Å². The van der Waals surface area contributed by atoms with Gasteiger partial charge in [0.25, 0.3) is 0 Å². The highest BCUT2D eigenvalue weighted by molar-refractivity contribution is 5.36. The molecule has 0 saturated heterocycles. The first kappa shape index (κ1) is 11.2. The summed E-state index contributed by atoms with van der Waals surface area (Å²) in [5, 5.41) is 0. The molecule has 0 aromatic heterocycles. The maximum Gasteiger partial charge on any atom is 0.0204 e. The lowest BCUT2D eigenvalue weighted by Crippen LogP contribution is -1.92. The second-order valence-corrected chi connectivity index (χ2v) is 4.50. The monoisotopic (exact) mass is 212 g/mol. The minimum Gasteiger partial charge on any atom is -0.0732 e. The van der Waals surface area contributed by atoms with Gasteiger partial charge in [-0.05, 0) is 24.0 Å². The molecule has 0 unspecified atom stereocenters. The van der Waals surface area contributed by atoms with Crippen LogP contribution < -0.4 is 0 Å². The molecule has 1 aromatic rings. The fourth-order valence-corrected chi connectivity index (χ4v) is 2.19. The van der Waals surface area contributed by atoms with Crippen LogP contribution in [0.15, 0.2) is 48.6 Å². The van der Waals surface area contributed by atoms with E-state index < -0.39 is 0 Å². The molecule has 0 amide bonds. The number of aryl methyl sites for hydroxylation is 1. The van der Waals surface area contributed by atoms with Gasteiger partial charge in [-0.1, -0.05) is 68.3 Å². The molecule has 16 heavy (non-hydrogen) atoms. The Morgan fingerprint density at radius 2 is 1.88 bits per heavy atom. The first-order valence-corrected chi connectivity index (χ1v) is 6.34. The third-order valence-corrected chi connectivity index (χ3v) is 3.15. The number of allylic oxidation sites excluding steroid dienone is 4. The molecule has 0 N–H and O–H groups in total. The van der Waals surface area contributed by atoms with E-state index in [2.05, 4.69) is 55.5 Å². The van der Waals surface area contributed by atoms with Crippen molar-refractivity contribution in [3.63, 3.8) is 0 Å². The molecule has 0 saturated carbocycles. The standard InChI is InChI=1S/C16H20/c1-2-3-4-8-14-9-7-12-16(13-14)15-10-5-6-11-15/h5-7,9-13,15H,2-4,8H2,1H3. The van der Waals surface area contributed by atoms with Crippen LogP contribution in [0.1, 0.15) is 43.2 Å². The van der Waals surface area contributed by atoms with Gasteiger partial charge in [-0.3, -0.25) is 0 Å². The molecule has 1 aliphatic carbocycles. The summed E-state index contributed by atoms with van der Waals surface area (Å²) >= 11 is 0. The van der Waals surface area contributed by atoms with E-state index in [-0.39, 0.29) is 0 Å². The predicted molar refractivity (Wildman–Crippen MR) is 70.7 cm³/mol. The molecule has 0 bridgehead atoms. The van der Waals surface area contributed by atoms with Gasteiger partial charge in [0, 0.05) is 5.92 Å². The third-order valence-electron chi connectivity index (χ3n) is 3.15. The Morgan fingerprint density at radius 3 is 2.62 bits per heavy atom. The van der Waals surface area contributed by atoms with Crippen molar-refractivity contribution in [2.45, 2.75) is 38.5 Å². The summed E-state index contributed by atoms with van der Waals surface area (Å²) in [6, 6.07) is 9.03. The van der Waals surface area contributed by atoms with E-state index in [1.807, 2.05) is 0 Å². The van der Waals surface area contributed by atoms with E-state index in [0.717, 1.165) is 0 Å². The Hall–Kier alpha value is -1.30. The highest BCUT2D eigenvalue weighted by atomic mass is 14.1. The molecular weight excluding hydrogens is 192 g/mol. The number of hydrogen-bond acceptors (Lipinski definition) is 0. The molecule has 0 spiro atoms. The fraction of sp³-hybridized carbons (Fsp3) is 0.375. The van der Waals surface area contributed by atoms with Crippen LogP contribution in [-0.2, 0) is 6.42 Å². The minimum absolute atomic E-state index is 0.506. The van der Waals surface area contributed by atoms with Crippen molar-refractivity contribution in [3.05, 3.63) is 59.7 Å². The summed E-state index contributed by atoms with van der Waals surface area (Å²) in [5.74, 6) is 0.506. The average molecular weight is 212 g/mol. The van der Waals surface area contributed by atoms with Gasteiger partial charge in [0.05, 0.1) is 0 Å². The SMILES string of the molecule is CCCCCc1cccc(C2C=CC=C2)c1. The number of rotatable bonds is 5. The van der Waals surface area contributed by atoms with Crippen LogP contribution in [0.2, 0.25) is 0 Å². The van der Waals surface area contributed by atoms with Gasteiger partial charge in [0.1, 0.15) is 0 Å². The van der Waals surface area contributed by atoms with Crippen LogP contribution in [0.3, 0.4) is 0 Å². The summed E-state index contributed by atoms with van der Waals surface area (Å²) in [4.78, 5) is 0. The normalized spacial score (nSPS) is 14.8. The number of unbranched alkanes of at least 4 members (excludes halogenated alkanes) is 2. The van der Waals surface area contributed by atoms with Gasteiger partial charge in [-0.15, -0.1) is 0 Å². The lowest BCUT2D eigenvalue weighted by Gasteiger charge is -2.08. The van der Waals surface area contributed by atoms with Crippen molar-refractivity contribution >= 4 is 0 Å². The molecule has 84 valence electrons. The first-order valence-electron chi connectivity index (χ1n) is 6.34. The molecular formula is C16H20. The van der Waals surface area contributed by atoms with Crippen molar-refractivity contribution < 1.29 is 0 Å². The van der Waals surface area contributed by atoms with Crippen LogP contribution >= 0.6 is 0 Å². The minimum atomic E-state index is 0.506. The van der Waals surface area contributed by atoms with Crippen LogP contribution in [-0.4, -0.2) is 0 Å². The maximum absolute atomic E-state index is 2.36. The largest absolute Gasteiger partial charge is 0.0732 e. The Balaban J connectivity index is 2.01. The van der Waals surface area contributed by atoms with Gasteiger partial charge in [0.15, 0.2) is 0 Å². The van der Waals surface area contributed by atoms with Crippen molar-refractivity contribution in [3.8, 4) is 0 Å². The van der Waals surface area contributed by atoms with E-state index in [1.165, 1.54) is 36.8 Å².